The lowest BCUT2D eigenvalue weighted by Crippen LogP contribution is -2.61. The number of rotatable bonds is 5. The molecule has 33 heavy (non-hydrogen) atoms. The molecule has 0 aromatic heterocycles. The van der Waals surface area contributed by atoms with Crippen molar-refractivity contribution in [2.24, 2.45) is 28.6 Å². The summed E-state index contributed by atoms with van der Waals surface area (Å²) < 4.78 is 0. The maximum absolute atomic E-state index is 14.2. The number of hydrogen-bond donors (Lipinski definition) is 3. The molecule has 0 bridgehead atoms. The van der Waals surface area contributed by atoms with E-state index < -0.39 is 57.0 Å². The van der Waals surface area contributed by atoms with E-state index in [0.717, 1.165) is 5.57 Å². The van der Waals surface area contributed by atoms with Gasteiger partial charge >= 0.3 is 0 Å². The molecule has 3 rings (SSSR count). The number of carbonyl (C=O) groups excluding carboxylic acids is 3. The van der Waals surface area contributed by atoms with Crippen LogP contribution in [0.15, 0.2) is 23.0 Å². The van der Waals surface area contributed by atoms with E-state index in [4.69, 9.17) is 0 Å². The third-order valence-electron chi connectivity index (χ3n) is 8.85. The number of aliphatic hydroxyl groups is 3. The monoisotopic (exact) mass is 460 g/mol. The molecule has 2 saturated carbocycles. The summed E-state index contributed by atoms with van der Waals surface area (Å²) in [6.45, 7) is 12.2. The van der Waals surface area contributed by atoms with Gasteiger partial charge in [-0.25, -0.2) is 0 Å². The predicted molar refractivity (Wildman–Crippen MR) is 125 cm³/mol. The largest absolute Gasteiger partial charge is 0.510 e. The van der Waals surface area contributed by atoms with E-state index in [-0.39, 0.29) is 30.8 Å². The second kappa shape index (κ2) is 8.16. The minimum Gasteiger partial charge on any atom is -0.510 e. The number of allylic oxidation sites excluding steroid dienone is 4. The lowest BCUT2D eigenvalue weighted by Gasteiger charge is -2.54. The van der Waals surface area contributed by atoms with E-state index >= 15 is 0 Å². The molecule has 3 N–H and O–H groups in total. The van der Waals surface area contributed by atoms with Gasteiger partial charge in [-0.3, -0.25) is 14.4 Å². The highest BCUT2D eigenvalue weighted by Gasteiger charge is 2.68. The summed E-state index contributed by atoms with van der Waals surface area (Å²) in [7, 11) is 0. The van der Waals surface area contributed by atoms with Crippen LogP contribution in [0.1, 0.15) is 87.0 Å². The molecule has 0 amide bonds. The summed E-state index contributed by atoms with van der Waals surface area (Å²) >= 11 is 0. The van der Waals surface area contributed by atoms with Crippen LogP contribution in [0.5, 0.6) is 0 Å². The Kier molecular flexibility index (Phi) is 6.38. The molecule has 6 nitrogen and oxygen atoms in total. The van der Waals surface area contributed by atoms with Crippen molar-refractivity contribution >= 4 is 17.3 Å². The van der Waals surface area contributed by atoms with Crippen LogP contribution >= 0.6 is 0 Å². The molecule has 3 aliphatic carbocycles. The van der Waals surface area contributed by atoms with Gasteiger partial charge in [0, 0.05) is 5.92 Å². The number of hydrogen-bond acceptors (Lipinski definition) is 6. The topological polar surface area (TPSA) is 112 Å². The summed E-state index contributed by atoms with van der Waals surface area (Å²) in [5.41, 5.74) is -4.92. The Balaban J connectivity index is 2.28. The number of Topliss-reactive ketones (excluding diaryl/α,β-unsaturated/α-hetero) is 3. The number of fused-ring (bicyclic) bond motifs is 1. The Bertz CT molecular complexity index is 934. The molecular formula is C27H40O6. The van der Waals surface area contributed by atoms with Crippen molar-refractivity contribution in [2.75, 3.05) is 0 Å². The maximum Gasteiger partial charge on any atom is 0.183 e. The van der Waals surface area contributed by atoms with Crippen LogP contribution in [-0.2, 0) is 14.4 Å². The van der Waals surface area contributed by atoms with E-state index in [1.807, 2.05) is 26.8 Å². The van der Waals surface area contributed by atoms with Crippen LogP contribution < -0.4 is 0 Å². The Morgan fingerprint density at radius 3 is 2.27 bits per heavy atom. The highest BCUT2D eigenvalue weighted by atomic mass is 16.3. The normalized spacial score (nSPS) is 41.8. The van der Waals surface area contributed by atoms with Crippen LogP contribution in [0, 0.1) is 28.6 Å². The van der Waals surface area contributed by atoms with Crippen LogP contribution in [0.3, 0.4) is 0 Å². The molecular weight excluding hydrogens is 420 g/mol. The number of carbonyl (C=O) groups is 3. The minimum atomic E-state index is -1.59. The predicted octanol–water partition coefficient (Wildman–Crippen LogP) is 4.24. The van der Waals surface area contributed by atoms with E-state index in [9.17, 15) is 29.7 Å². The van der Waals surface area contributed by atoms with Gasteiger partial charge in [0.25, 0.3) is 0 Å². The van der Waals surface area contributed by atoms with Crippen LogP contribution in [-0.4, -0.2) is 43.9 Å². The van der Waals surface area contributed by atoms with E-state index in [1.165, 1.54) is 0 Å². The van der Waals surface area contributed by atoms with E-state index in [2.05, 4.69) is 0 Å². The fraction of sp³-hybridized carbons (Fsp3) is 0.741. The van der Waals surface area contributed by atoms with Crippen molar-refractivity contribution in [3.8, 4) is 0 Å². The first-order valence-electron chi connectivity index (χ1n) is 12.2. The summed E-state index contributed by atoms with van der Waals surface area (Å²) in [5.74, 6) is -3.22. The summed E-state index contributed by atoms with van der Waals surface area (Å²) in [4.78, 5) is 41.2. The van der Waals surface area contributed by atoms with Gasteiger partial charge in [0.15, 0.2) is 17.3 Å². The molecule has 7 atom stereocenters. The Morgan fingerprint density at radius 1 is 1.12 bits per heavy atom. The molecule has 3 aliphatic rings. The molecule has 0 radical (unpaired) electrons. The van der Waals surface area contributed by atoms with Gasteiger partial charge in [-0.2, -0.15) is 0 Å². The van der Waals surface area contributed by atoms with Gasteiger partial charge in [0.1, 0.15) is 11.3 Å². The zero-order valence-electron chi connectivity index (χ0n) is 21.1. The average molecular weight is 461 g/mol. The first-order chi connectivity index (χ1) is 15.0. The Morgan fingerprint density at radius 2 is 1.73 bits per heavy atom. The Labute approximate surface area is 197 Å². The zero-order valence-corrected chi connectivity index (χ0v) is 21.1. The molecule has 6 heteroatoms. The lowest BCUT2D eigenvalue weighted by molar-refractivity contribution is -0.167. The molecule has 184 valence electrons. The van der Waals surface area contributed by atoms with Crippen molar-refractivity contribution in [1.82, 2.24) is 0 Å². The Hall–Kier alpha value is -1.79. The SMILES string of the molecule is CC[C@H](C)C(=O)C1=C(O)[C@]2(C[C@H]3[C@@H](CC[C@@]3(C)O)[C@](C)(O)C2)C(=O)[C@](C)(CC=C(C)C)C1=O. The summed E-state index contributed by atoms with van der Waals surface area (Å²) in [5, 5.41) is 34.1. The van der Waals surface area contributed by atoms with Crippen molar-refractivity contribution in [2.45, 2.75) is 98.2 Å². The van der Waals surface area contributed by atoms with Gasteiger partial charge in [-0.1, -0.05) is 25.5 Å². The smallest absolute Gasteiger partial charge is 0.183 e. The average Bonchev–Trinajstić information content (AvgIpc) is 3.04. The third kappa shape index (κ3) is 3.83. The maximum atomic E-state index is 14.2. The molecule has 0 aliphatic heterocycles. The van der Waals surface area contributed by atoms with Crippen LogP contribution in [0.25, 0.3) is 0 Å². The van der Waals surface area contributed by atoms with Gasteiger partial charge in [0.2, 0.25) is 0 Å². The fourth-order valence-electron chi connectivity index (χ4n) is 6.53. The van der Waals surface area contributed by atoms with Crippen molar-refractivity contribution in [1.29, 1.82) is 0 Å². The molecule has 0 aromatic rings. The zero-order chi connectivity index (χ0) is 25.1. The molecule has 0 saturated heterocycles. The molecule has 0 unspecified atom stereocenters. The quantitative estimate of drug-likeness (QED) is 0.321. The van der Waals surface area contributed by atoms with Crippen molar-refractivity contribution < 1.29 is 29.7 Å². The first kappa shape index (κ1) is 25.8. The van der Waals surface area contributed by atoms with E-state index in [1.54, 1.807) is 27.7 Å². The third-order valence-corrected chi connectivity index (χ3v) is 8.85. The highest BCUT2D eigenvalue weighted by molar-refractivity contribution is 6.31. The molecule has 0 aromatic carbocycles. The summed E-state index contributed by atoms with van der Waals surface area (Å²) in [6, 6.07) is 0. The van der Waals surface area contributed by atoms with Crippen LogP contribution in [0.2, 0.25) is 0 Å². The second-order valence-corrected chi connectivity index (χ2v) is 11.8. The van der Waals surface area contributed by atoms with Crippen molar-refractivity contribution in [3.63, 3.8) is 0 Å². The van der Waals surface area contributed by atoms with Gasteiger partial charge in [-0.05, 0) is 85.0 Å². The van der Waals surface area contributed by atoms with Gasteiger partial charge in [-0.15, -0.1) is 0 Å². The molecule has 2 fully saturated rings. The fourth-order valence-corrected chi connectivity index (χ4v) is 6.53. The highest BCUT2D eigenvalue weighted by Crippen LogP contribution is 2.62. The first-order valence-corrected chi connectivity index (χ1v) is 12.2. The number of ketones is 3. The number of aliphatic hydroxyl groups excluding tert-OH is 1. The van der Waals surface area contributed by atoms with E-state index in [0.29, 0.717) is 19.3 Å². The molecule has 1 spiro atoms. The van der Waals surface area contributed by atoms with Gasteiger partial charge < -0.3 is 15.3 Å². The van der Waals surface area contributed by atoms with Gasteiger partial charge in [0.05, 0.1) is 22.0 Å². The van der Waals surface area contributed by atoms with Crippen LogP contribution in [0.4, 0.5) is 0 Å². The summed E-state index contributed by atoms with van der Waals surface area (Å²) in [6.07, 6.45) is 3.56. The van der Waals surface area contributed by atoms with Crippen molar-refractivity contribution in [3.05, 3.63) is 23.0 Å². The second-order valence-electron chi connectivity index (χ2n) is 11.8. The molecule has 0 heterocycles. The standard InChI is InChI=1S/C27H40O6/c1-8-16(4)20(28)19-21(29)24(5,11-9-15(2)3)23(31)27(22(19)30)13-18-17(26(7,33)14-27)10-12-25(18,6)32/h9,16-18,30,32-33H,8,10-14H2,1-7H3/t16-,17+,18-,24+,25+,26+,27+/m0/s1. The lowest BCUT2D eigenvalue weighted by atomic mass is 9.49. The minimum absolute atomic E-state index is 0.0725.